The summed E-state index contributed by atoms with van der Waals surface area (Å²) < 4.78 is 21.3. The second kappa shape index (κ2) is 7.93. The summed E-state index contributed by atoms with van der Waals surface area (Å²) in [5.74, 6) is 0.800. The smallest absolute Gasteiger partial charge is 0.336 e. The van der Waals surface area contributed by atoms with Gasteiger partial charge < -0.3 is 23.9 Å². The largest absolute Gasteiger partial charge is 0.486 e. The molecule has 1 aliphatic heterocycles. The molecule has 1 aromatic heterocycles. The van der Waals surface area contributed by atoms with Crippen LogP contribution in [-0.4, -0.2) is 31.8 Å². The molecule has 2 aromatic carbocycles. The fourth-order valence-corrected chi connectivity index (χ4v) is 2.73. The van der Waals surface area contributed by atoms with E-state index in [2.05, 4.69) is 10.6 Å². The number of benzene rings is 2. The Bertz CT molecular complexity index is 1140. The van der Waals surface area contributed by atoms with Gasteiger partial charge in [-0.15, -0.1) is 0 Å². The molecule has 0 saturated carbocycles. The monoisotopic (exact) mass is 396 g/mol. The number of carbonyl (C=O) groups excluding carboxylic acids is 2. The molecule has 2 N–H and O–H groups in total. The van der Waals surface area contributed by atoms with Crippen LogP contribution in [0.25, 0.3) is 11.0 Å². The van der Waals surface area contributed by atoms with Crippen LogP contribution in [0.2, 0.25) is 0 Å². The van der Waals surface area contributed by atoms with E-state index in [1.807, 2.05) is 0 Å². The van der Waals surface area contributed by atoms with Gasteiger partial charge in [-0.3, -0.25) is 10.1 Å². The number of hydrogen-bond donors (Lipinski definition) is 2. The maximum absolute atomic E-state index is 12.0. The van der Waals surface area contributed by atoms with Crippen LogP contribution in [-0.2, 0) is 4.79 Å². The van der Waals surface area contributed by atoms with Crippen molar-refractivity contribution >= 4 is 28.6 Å². The number of hydrogen-bond acceptors (Lipinski definition) is 7. The molecule has 0 unspecified atom stereocenters. The number of fused-ring (bicyclic) bond motifs is 2. The Kier molecular flexibility index (Phi) is 5.02. The average Bonchev–Trinajstić information content (AvgIpc) is 2.71. The van der Waals surface area contributed by atoms with Crippen molar-refractivity contribution in [3.63, 3.8) is 0 Å². The standard InChI is InChI=1S/C20H16N2O7/c23-18(11-28-14-4-1-12-2-6-19(24)29-16(12)10-14)22-20(25)21-13-3-5-15-17(9-13)27-8-7-26-15/h1-6,9-10H,7-8,11H2,(H2,21,22,23,25). The number of amides is 3. The molecule has 3 amide bonds. The number of nitrogens with one attached hydrogen (secondary N) is 2. The molecule has 0 bridgehead atoms. The van der Waals surface area contributed by atoms with Crippen molar-refractivity contribution in [1.82, 2.24) is 5.32 Å². The summed E-state index contributed by atoms with van der Waals surface area (Å²) in [5.41, 5.74) is 0.306. The Morgan fingerprint density at radius 3 is 2.62 bits per heavy atom. The minimum Gasteiger partial charge on any atom is -0.486 e. The van der Waals surface area contributed by atoms with Crippen molar-refractivity contribution < 1.29 is 28.2 Å². The third-order valence-corrected chi connectivity index (χ3v) is 4.02. The number of imide groups is 1. The number of carbonyl (C=O) groups is 2. The van der Waals surface area contributed by atoms with Gasteiger partial charge in [0, 0.05) is 29.3 Å². The van der Waals surface area contributed by atoms with E-state index in [9.17, 15) is 14.4 Å². The predicted octanol–water partition coefficient (Wildman–Crippen LogP) is 2.29. The summed E-state index contributed by atoms with van der Waals surface area (Å²) in [5, 5.41) is 5.43. The average molecular weight is 396 g/mol. The van der Waals surface area contributed by atoms with E-state index in [4.69, 9.17) is 18.6 Å². The Hall–Kier alpha value is -4.01. The Balaban J connectivity index is 1.31. The van der Waals surface area contributed by atoms with Crippen LogP contribution >= 0.6 is 0 Å². The van der Waals surface area contributed by atoms with Gasteiger partial charge >= 0.3 is 11.7 Å². The van der Waals surface area contributed by atoms with E-state index in [0.29, 0.717) is 41.7 Å². The Morgan fingerprint density at radius 2 is 1.76 bits per heavy atom. The van der Waals surface area contributed by atoms with Crippen molar-refractivity contribution in [1.29, 1.82) is 0 Å². The molecule has 9 heteroatoms. The normalized spacial score (nSPS) is 12.3. The lowest BCUT2D eigenvalue weighted by atomic mass is 10.2. The minimum absolute atomic E-state index is 0.328. The molecule has 9 nitrogen and oxygen atoms in total. The molecule has 0 radical (unpaired) electrons. The summed E-state index contributed by atoms with van der Waals surface area (Å²) in [7, 11) is 0. The van der Waals surface area contributed by atoms with E-state index in [-0.39, 0.29) is 0 Å². The van der Waals surface area contributed by atoms with Crippen LogP contribution in [0.4, 0.5) is 10.5 Å². The number of anilines is 1. The maximum atomic E-state index is 12.0. The lowest BCUT2D eigenvalue weighted by molar-refractivity contribution is -0.121. The second-order valence-electron chi connectivity index (χ2n) is 6.10. The first-order chi connectivity index (χ1) is 14.1. The quantitative estimate of drug-likeness (QED) is 0.650. The molecular formula is C20H16N2O7. The van der Waals surface area contributed by atoms with Crippen molar-refractivity contribution in [2.24, 2.45) is 0 Å². The van der Waals surface area contributed by atoms with Gasteiger partial charge in [-0.05, 0) is 30.3 Å². The second-order valence-corrected chi connectivity index (χ2v) is 6.10. The number of rotatable bonds is 4. The first-order valence-corrected chi connectivity index (χ1v) is 8.74. The molecule has 0 fully saturated rings. The van der Waals surface area contributed by atoms with Crippen LogP contribution < -0.4 is 30.5 Å². The summed E-state index contributed by atoms with van der Waals surface area (Å²) >= 11 is 0. The first kappa shape index (κ1) is 18.4. The zero-order valence-electron chi connectivity index (χ0n) is 15.1. The molecule has 0 aliphatic carbocycles. The van der Waals surface area contributed by atoms with Crippen molar-refractivity contribution in [3.05, 3.63) is 59.0 Å². The van der Waals surface area contributed by atoms with Crippen molar-refractivity contribution in [3.8, 4) is 17.2 Å². The van der Waals surface area contributed by atoms with E-state index in [1.54, 1.807) is 36.4 Å². The van der Waals surface area contributed by atoms with Gasteiger partial charge in [0.1, 0.15) is 24.5 Å². The van der Waals surface area contributed by atoms with Crippen LogP contribution in [0, 0.1) is 0 Å². The molecule has 1 aliphatic rings. The van der Waals surface area contributed by atoms with Gasteiger partial charge in [0.2, 0.25) is 0 Å². The highest BCUT2D eigenvalue weighted by Gasteiger charge is 2.14. The SMILES string of the molecule is O=C(COc1ccc2ccc(=O)oc2c1)NC(=O)Nc1ccc2c(c1)OCCO2. The van der Waals surface area contributed by atoms with E-state index < -0.39 is 24.2 Å². The molecule has 0 saturated heterocycles. The highest BCUT2D eigenvalue weighted by Crippen LogP contribution is 2.32. The summed E-state index contributed by atoms with van der Waals surface area (Å²) in [6.07, 6.45) is 0. The van der Waals surface area contributed by atoms with E-state index in [0.717, 1.165) is 5.39 Å². The summed E-state index contributed by atoms with van der Waals surface area (Å²) in [6, 6.07) is 12.0. The minimum atomic E-state index is -0.709. The van der Waals surface area contributed by atoms with Gasteiger partial charge in [0.05, 0.1) is 0 Å². The fraction of sp³-hybridized carbons (Fsp3) is 0.150. The van der Waals surface area contributed by atoms with Gasteiger partial charge in [0.25, 0.3) is 5.91 Å². The summed E-state index contributed by atoms with van der Waals surface area (Å²) in [4.78, 5) is 35.2. The van der Waals surface area contributed by atoms with Crippen LogP contribution in [0.5, 0.6) is 17.2 Å². The molecule has 148 valence electrons. The van der Waals surface area contributed by atoms with Crippen molar-refractivity contribution in [2.45, 2.75) is 0 Å². The zero-order chi connectivity index (χ0) is 20.2. The zero-order valence-corrected chi connectivity index (χ0v) is 15.1. The number of urea groups is 1. The highest BCUT2D eigenvalue weighted by molar-refractivity contribution is 6.01. The fourth-order valence-electron chi connectivity index (χ4n) is 2.73. The first-order valence-electron chi connectivity index (χ1n) is 8.74. The molecule has 4 rings (SSSR count). The molecule has 3 aromatic rings. The van der Waals surface area contributed by atoms with Crippen LogP contribution in [0.15, 0.2) is 57.7 Å². The third-order valence-electron chi connectivity index (χ3n) is 4.02. The number of ether oxygens (including phenoxy) is 3. The maximum Gasteiger partial charge on any atom is 0.336 e. The van der Waals surface area contributed by atoms with Gasteiger partial charge in [0.15, 0.2) is 18.1 Å². The van der Waals surface area contributed by atoms with Crippen molar-refractivity contribution in [2.75, 3.05) is 25.1 Å². The Labute approximate surface area is 164 Å². The van der Waals surface area contributed by atoms with Gasteiger partial charge in [-0.2, -0.15) is 0 Å². The summed E-state index contributed by atoms with van der Waals surface area (Å²) in [6.45, 7) is 0.506. The van der Waals surface area contributed by atoms with Crippen LogP contribution in [0.1, 0.15) is 0 Å². The molecule has 2 heterocycles. The molecule has 0 atom stereocenters. The van der Waals surface area contributed by atoms with E-state index in [1.165, 1.54) is 12.1 Å². The van der Waals surface area contributed by atoms with Gasteiger partial charge in [-0.25, -0.2) is 9.59 Å². The highest BCUT2D eigenvalue weighted by atomic mass is 16.6. The molecular weight excluding hydrogens is 380 g/mol. The third kappa shape index (κ3) is 4.46. The lowest BCUT2D eigenvalue weighted by Gasteiger charge is -2.19. The van der Waals surface area contributed by atoms with E-state index >= 15 is 0 Å². The predicted molar refractivity (Wildman–Crippen MR) is 103 cm³/mol. The topological polar surface area (TPSA) is 116 Å². The van der Waals surface area contributed by atoms with Gasteiger partial charge in [-0.1, -0.05) is 0 Å². The molecule has 29 heavy (non-hydrogen) atoms. The lowest BCUT2D eigenvalue weighted by Crippen LogP contribution is -2.37. The molecule has 0 spiro atoms. The van der Waals surface area contributed by atoms with Crippen LogP contribution in [0.3, 0.4) is 0 Å². The Morgan fingerprint density at radius 1 is 0.966 bits per heavy atom.